The summed E-state index contributed by atoms with van der Waals surface area (Å²) in [6.45, 7) is -1.25. The van der Waals surface area contributed by atoms with Crippen LogP contribution in [0.1, 0.15) is 63.2 Å². The van der Waals surface area contributed by atoms with Crippen LogP contribution in [0.2, 0.25) is 0 Å². The Balaban J connectivity index is 1.83. The van der Waals surface area contributed by atoms with Gasteiger partial charge in [-0.05, 0) is 31.0 Å². The fourth-order valence-corrected chi connectivity index (χ4v) is 3.48. The van der Waals surface area contributed by atoms with Gasteiger partial charge in [-0.15, -0.1) is 0 Å². The Morgan fingerprint density at radius 1 is 1.15 bits per heavy atom. The first-order valence-electron chi connectivity index (χ1n) is 8.55. The summed E-state index contributed by atoms with van der Waals surface area (Å²) in [5, 5.41) is 10.9. The van der Waals surface area contributed by atoms with Gasteiger partial charge in [0.25, 0.3) is 17.7 Å². The molecule has 0 aromatic heterocycles. The van der Waals surface area contributed by atoms with Crippen LogP contribution in [0.15, 0.2) is 18.2 Å². The van der Waals surface area contributed by atoms with Crippen molar-refractivity contribution in [2.24, 2.45) is 0 Å². The van der Waals surface area contributed by atoms with Crippen LogP contribution in [0.25, 0.3) is 0 Å². The first kappa shape index (κ1) is 18.0. The van der Waals surface area contributed by atoms with Gasteiger partial charge in [0.05, 0.1) is 11.1 Å². The molecule has 0 bridgehead atoms. The lowest BCUT2D eigenvalue weighted by atomic mass is 9.94. The lowest BCUT2D eigenvalue weighted by molar-refractivity contribution is -0.139. The second kappa shape index (κ2) is 7.23. The van der Waals surface area contributed by atoms with Crippen LogP contribution < -0.4 is 5.32 Å². The molecule has 1 heterocycles. The highest BCUT2D eigenvalue weighted by Gasteiger charge is 2.40. The van der Waals surface area contributed by atoms with E-state index in [9.17, 15) is 23.6 Å². The number of benzene rings is 1. The van der Waals surface area contributed by atoms with Crippen molar-refractivity contribution in [3.05, 3.63) is 34.9 Å². The van der Waals surface area contributed by atoms with Gasteiger partial charge >= 0.3 is 5.97 Å². The minimum Gasteiger partial charge on any atom is -0.480 e. The molecular weight excluding hydrogens is 343 g/mol. The third kappa shape index (κ3) is 3.18. The van der Waals surface area contributed by atoms with Crippen molar-refractivity contribution in [2.75, 3.05) is 6.67 Å². The van der Waals surface area contributed by atoms with Crippen LogP contribution in [0, 0.1) is 0 Å². The fourth-order valence-electron chi connectivity index (χ4n) is 3.48. The van der Waals surface area contributed by atoms with E-state index < -0.39 is 30.5 Å². The predicted molar refractivity (Wildman–Crippen MR) is 88.7 cm³/mol. The first-order chi connectivity index (χ1) is 12.4. The maximum absolute atomic E-state index is 12.7. The maximum Gasteiger partial charge on any atom is 0.328 e. The standard InChI is InChI=1S/C18H19FN2O5/c19-9-14(18(25)26)20-15(22)10-6-7-12-13(8-10)17(24)21(16(12)23)11-4-2-1-3-5-11/h6-8,11,14H,1-5,9H2,(H,20,22)(H,25,26). The topological polar surface area (TPSA) is 104 Å². The number of carbonyl (C=O) groups excluding carboxylic acids is 3. The molecule has 1 aromatic rings. The average Bonchev–Trinajstić information content (AvgIpc) is 2.90. The quantitative estimate of drug-likeness (QED) is 0.777. The minimum absolute atomic E-state index is 0.00935. The number of fused-ring (bicyclic) bond motifs is 1. The van der Waals surface area contributed by atoms with Gasteiger partial charge in [-0.2, -0.15) is 0 Å². The molecular formula is C18H19FN2O5. The highest BCUT2D eigenvalue weighted by molar-refractivity contribution is 6.22. The number of carboxylic acids is 1. The van der Waals surface area contributed by atoms with Gasteiger partial charge in [-0.25, -0.2) is 9.18 Å². The summed E-state index contributed by atoms with van der Waals surface area (Å²) >= 11 is 0. The van der Waals surface area contributed by atoms with E-state index in [1.54, 1.807) is 0 Å². The second-order valence-electron chi connectivity index (χ2n) is 6.55. The smallest absolute Gasteiger partial charge is 0.328 e. The van der Waals surface area contributed by atoms with Crippen molar-refractivity contribution < 1.29 is 28.7 Å². The number of nitrogens with one attached hydrogen (secondary N) is 1. The van der Waals surface area contributed by atoms with Gasteiger partial charge in [0.15, 0.2) is 6.04 Å². The van der Waals surface area contributed by atoms with Gasteiger partial charge in [0.1, 0.15) is 6.67 Å². The number of alkyl halides is 1. The number of hydrogen-bond acceptors (Lipinski definition) is 4. The molecule has 8 heteroatoms. The molecule has 0 spiro atoms. The van der Waals surface area contributed by atoms with Crippen LogP contribution >= 0.6 is 0 Å². The van der Waals surface area contributed by atoms with Crippen LogP contribution in [-0.2, 0) is 4.79 Å². The Kier molecular flexibility index (Phi) is 5.01. The van der Waals surface area contributed by atoms with Crippen molar-refractivity contribution in [3.8, 4) is 0 Å². The van der Waals surface area contributed by atoms with Crippen LogP contribution in [0.4, 0.5) is 4.39 Å². The Morgan fingerprint density at radius 3 is 2.42 bits per heavy atom. The number of amides is 3. The van der Waals surface area contributed by atoms with Crippen molar-refractivity contribution in [1.82, 2.24) is 10.2 Å². The van der Waals surface area contributed by atoms with E-state index in [4.69, 9.17) is 5.11 Å². The zero-order chi connectivity index (χ0) is 18.8. The van der Waals surface area contributed by atoms with E-state index in [1.807, 2.05) is 0 Å². The number of carbonyl (C=O) groups is 4. The molecule has 1 atom stereocenters. The first-order valence-corrected chi connectivity index (χ1v) is 8.55. The molecule has 2 aliphatic rings. The summed E-state index contributed by atoms with van der Waals surface area (Å²) < 4.78 is 12.7. The second-order valence-corrected chi connectivity index (χ2v) is 6.55. The molecule has 0 radical (unpaired) electrons. The van der Waals surface area contributed by atoms with Gasteiger partial charge < -0.3 is 10.4 Å². The molecule has 1 unspecified atom stereocenters. The summed E-state index contributed by atoms with van der Waals surface area (Å²) in [5.74, 6) is -3.10. The maximum atomic E-state index is 12.7. The summed E-state index contributed by atoms with van der Waals surface area (Å²) in [6, 6.07) is 2.20. The lowest BCUT2D eigenvalue weighted by Gasteiger charge is -2.29. The number of imide groups is 1. The van der Waals surface area contributed by atoms with E-state index >= 15 is 0 Å². The lowest BCUT2D eigenvalue weighted by Crippen LogP contribution is -2.42. The van der Waals surface area contributed by atoms with E-state index in [2.05, 4.69) is 5.32 Å². The van der Waals surface area contributed by atoms with Crippen molar-refractivity contribution in [1.29, 1.82) is 0 Å². The number of halogens is 1. The van der Waals surface area contributed by atoms with Crippen LogP contribution in [-0.4, -0.2) is 52.5 Å². The molecule has 3 rings (SSSR count). The Labute approximate surface area is 149 Å². The predicted octanol–water partition coefficient (Wildman–Crippen LogP) is 1.77. The van der Waals surface area contributed by atoms with Gasteiger partial charge in [-0.3, -0.25) is 19.3 Å². The summed E-state index contributed by atoms with van der Waals surface area (Å²) in [4.78, 5) is 49.5. The number of rotatable bonds is 5. The number of carboxylic acid groups (broad SMARTS) is 1. The Bertz CT molecular complexity index is 773. The molecule has 1 aliphatic heterocycles. The van der Waals surface area contributed by atoms with Gasteiger partial charge in [-0.1, -0.05) is 19.3 Å². The number of nitrogens with zero attached hydrogens (tertiary/aromatic N) is 1. The molecule has 1 aliphatic carbocycles. The molecule has 7 nitrogen and oxygen atoms in total. The SMILES string of the molecule is O=C(NC(CF)C(=O)O)c1ccc2c(c1)C(=O)N(C1CCCCC1)C2=O. The highest BCUT2D eigenvalue weighted by Crippen LogP contribution is 2.31. The molecule has 1 saturated carbocycles. The summed E-state index contributed by atoms with van der Waals surface area (Å²) in [6.07, 6.45) is 4.56. The van der Waals surface area contributed by atoms with Crippen LogP contribution in [0.5, 0.6) is 0 Å². The van der Waals surface area contributed by atoms with E-state index in [-0.39, 0.29) is 28.6 Å². The molecule has 2 N–H and O–H groups in total. The normalized spacial score (nSPS) is 18.6. The number of aliphatic carboxylic acids is 1. The highest BCUT2D eigenvalue weighted by atomic mass is 19.1. The van der Waals surface area contributed by atoms with E-state index in [1.165, 1.54) is 23.1 Å². The zero-order valence-electron chi connectivity index (χ0n) is 14.0. The zero-order valence-corrected chi connectivity index (χ0v) is 14.0. The third-order valence-corrected chi connectivity index (χ3v) is 4.88. The molecule has 26 heavy (non-hydrogen) atoms. The Morgan fingerprint density at radius 2 is 1.81 bits per heavy atom. The average molecular weight is 362 g/mol. The monoisotopic (exact) mass is 362 g/mol. The van der Waals surface area contributed by atoms with Crippen LogP contribution in [0.3, 0.4) is 0 Å². The van der Waals surface area contributed by atoms with Gasteiger partial charge in [0, 0.05) is 11.6 Å². The van der Waals surface area contributed by atoms with E-state index in [0.717, 1.165) is 32.1 Å². The molecule has 1 fully saturated rings. The summed E-state index contributed by atoms with van der Waals surface area (Å²) in [5.41, 5.74) is 0.368. The fraction of sp³-hybridized carbons (Fsp3) is 0.444. The minimum atomic E-state index is -1.66. The summed E-state index contributed by atoms with van der Waals surface area (Å²) in [7, 11) is 0. The molecule has 1 aromatic carbocycles. The van der Waals surface area contributed by atoms with Crippen molar-refractivity contribution >= 4 is 23.7 Å². The Hall–Kier alpha value is -2.77. The number of hydrogen-bond donors (Lipinski definition) is 2. The molecule has 0 saturated heterocycles. The van der Waals surface area contributed by atoms with Crippen molar-refractivity contribution in [2.45, 2.75) is 44.2 Å². The largest absolute Gasteiger partial charge is 0.480 e. The molecule has 138 valence electrons. The van der Waals surface area contributed by atoms with E-state index in [0.29, 0.717) is 0 Å². The van der Waals surface area contributed by atoms with Gasteiger partial charge in [0.2, 0.25) is 0 Å². The molecule has 3 amide bonds. The third-order valence-electron chi connectivity index (χ3n) is 4.88. The van der Waals surface area contributed by atoms with Crippen molar-refractivity contribution in [3.63, 3.8) is 0 Å².